The Morgan fingerprint density at radius 1 is 0.937 bits per heavy atom. The van der Waals surface area contributed by atoms with Crippen LogP contribution in [0.5, 0.6) is 0 Å². The number of benzene rings is 2. The molecule has 2 N–H and O–H groups in total. The standard InChI is InChI=1S/C51H60N4O8/c1-8-31-22-32-26-50(46(57)61-6,42-36(29-54(27-31)28-32)35-23-34(16-17-39(35)52-42)33-14-11-10-12-15-33)38-24-37-40(25-41(38)60-5)53(4)44-49(37)19-21-55-20-13-18-48(9-2,43(49)55)45(63-30(3)56)51(44,59)47(58)62-7/h10-18,22-25,32,38,41,43-45,52,59H,8-9,19-21,26-29H2,1-7H3/t32-,38?,41?,43+,44-,45-,48-,49-,50+,51+/m1/s1. The van der Waals surface area contributed by atoms with Crippen molar-refractivity contribution in [2.75, 3.05) is 54.6 Å². The van der Waals surface area contributed by atoms with Gasteiger partial charge in [-0.15, -0.1) is 0 Å². The maximum Gasteiger partial charge on any atom is 0.344 e. The third-order valence-corrected chi connectivity index (χ3v) is 16.4. The van der Waals surface area contributed by atoms with E-state index in [0.717, 1.165) is 64.1 Å². The SMILES string of the molecule is CCC1=C[C@H]2CN(C1)Cc1c([nH]c3ccc(-c4ccccc4)cc13)[C@@](C(=O)OC)(C1C=C3C(=CC1OC)N(C)[C@H]1[C@@](O)(C(=O)OC)[C@H](OC(C)=O)[C@]4(CC)C=CCN5CC[C@]31[C@@H]54)C2. The van der Waals surface area contributed by atoms with Gasteiger partial charge in [-0.25, -0.2) is 4.79 Å². The Morgan fingerprint density at radius 3 is 2.41 bits per heavy atom. The predicted molar refractivity (Wildman–Crippen MR) is 238 cm³/mol. The van der Waals surface area contributed by atoms with Crippen LogP contribution >= 0.6 is 0 Å². The molecule has 12 nitrogen and oxygen atoms in total. The van der Waals surface area contributed by atoms with Crippen LogP contribution in [0.2, 0.25) is 0 Å². The summed E-state index contributed by atoms with van der Waals surface area (Å²) in [4.78, 5) is 53.9. The van der Waals surface area contributed by atoms with Crippen LogP contribution in [0, 0.1) is 22.7 Å². The van der Waals surface area contributed by atoms with Crippen LogP contribution in [0.25, 0.3) is 22.0 Å². The summed E-state index contributed by atoms with van der Waals surface area (Å²) >= 11 is 0. The molecule has 2 bridgehead atoms. The quantitative estimate of drug-likeness (QED) is 0.156. The predicted octanol–water partition coefficient (Wildman–Crippen LogP) is 6.06. The lowest BCUT2D eigenvalue weighted by Crippen LogP contribution is -2.79. The van der Waals surface area contributed by atoms with Crippen LogP contribution in [-0.4, -0.2) is 127 Å². The summed E-state index contributed by atoms with van der Waals surface area (Å²) in [5.41, 5.74) is 2.84. The normalized spacial score (nSPS) is 36.4. The molecule has 1 spiro atoms. The molecule has 1 saturated carbocycles. The van der Waals surface area contributed by atoms with Crippen molar-refractivity contribution in [3.8, 4) is 11.1 Å². The van der Waals surface area contributed by atoms with Gasteiger partial charge >= 0.3 is 17.9 Å². The number of ether oxygens (including phenoxy) is 4. The fourth-order valence-corrected chi connectivity index (χ4v) is 14.1. The highest BCUT2D eigenvalue weighted by Crippen LogP contribution is 2.70. The molecule has 12 heteroatoms. The first-order valence-corrected chi connectivity index (χ1v) is 22.7. The summed E-state index contributed by atoms with van der Waals surface area (Å²) in [5, 5.41) is 14.5. The summed E-state index contributed by atoms with van der Waals surface area (Å²) in [5.74, 6) is -2.32. The van der Waals surface area contributed by atoms with E-state index in [2.05, 4.69) is 94.6 Å². The smallest absolute Gasteiger partial charge is 0.344 e. The van der Waals surface area contributed by atoms with Gasteiger partial charge in [-0.1, -0.05) is 80.1 Å². The van der Waals surface area contributed by atoms with Crippen molar-refractivity contribution in [2.45, 2.75) is 88.3 Å². The molecule has 3 fully saturated rings. The van der Waals surface area contributed by atoms with Crippen molar-refractivity contribution in [1.82, 2.24) is 19.7 Å². The molecule has 10 rings (SSSR count). The van der Waals surface area contributed by atoms with Crippen LogP contribution in [0.3, 0.4) is 0 Å². The molecule has 7 aliphatic rings. The van der Waals surface area contributed by atoms with Gasteiger partial charge in [-0.05, 0) is 78.6 Å². The third kappa shape index (κ3) is 5.63. The molecular formula is C51H60N4O8. The number of aromatic nitrogens is 1. The lowest BCUT2D eigenvalue weighted by Gasteiger charge is -2.63. The highest BCUT2D eigenvalue weighted by Gasteiger charge is 2.81. The number of methoxy groups -OCH3 is 3. The van der Waals surface area contributed by atoms with Gasteiger partial charge < -0.3 is 33.9 Å². The molecule has 2 aromatic carbocycles. The van der Waals surface area contributed by atoms with Crippen molar-refractivity contribution < 1.29 is 38.4 Å². The average molecular weight is 857 g/mol. The minimum atomic E-state index is -2.27. The number of nitrogens with one attached hydrogen (secondary N) is 1. The second-order valence-corrected chi connectivity index (χ2v) is 19.1. The molecule has 63 heavy (non-hydrogen) atoms. The van der Waals surface area contributed by atoms with E-state index in [9.17, 15) is 14.7 Å². The molecule has 1 aromatic heterocycles. The second kappa shape index (κ2) is 15.0. The first-order chi connectivity index (χ1) is 30.4. The number of H-pyrrole nitrogens is 1. The number of aromatic amines is 1. The highest BCUT2D eigenvalue weighted by atomic mass is 16.6. The van der Waals surface area contributed by atoms with E-state index in [1.165, 1.54) is 26.7 Å². The summed E-state index contributed by atoms with van der Waals surface area (Å²) < 4.78 is 24.3. The zero-order valence-corrected chi connectivity index (χ0v) is 37.5. The van der Waals surface area contributed by atoms with Crippen LogP contribution < -0.4 is 0 Å². The van der Waals surface area contributed by atoms with E-state index in [4.69, 9.17) is 18.9 Å². The van der Waals surface area contributed by atoms with E-state index in [1.54, 1.807) is 7.11 Å². The third-order valence-electron chi connectivity index (χ3n) is 16.4. The number of esters is 3. The summed E-state index contributed by atoms with van der Waals surface area (Å²) in [6.07, 6.45) is 11.5. The lowest BCUT2D eigenvalue weighted by atomic mass is 9.47. The number of carbonyl (C=O) groups excluding carboxylic acids is 3. The Kier molecular flexibility index (Phi) is 10.0. The van der Waals surface area contributed by atoms with Crippen molar-refractivity contribution in [3.05, 3.63) is 107 Å². The summed E-state index contributed by atoms with van der Waals surface area (Å²) in [7, 11) is 6.36. The number of fused-ring (bicyclic) bond motifs is 6. The van der Waals surface area contributed by atoms with Gasteiger partial charge in [-0.2, -0.15) is 0 Å². The van der Waals surface area contributed by atoms with Crippen molar-refractivity contribution in [1.29, 1.82) is 0 Å². The summed E-state index contributed by atoms with van der Waals surface area (Å²) in [6.45, 7) is 9.22. The number of carbonyl (C=O) groups is 3. The van der Waals surface area contributed by atoms with Crippen LogP contribution in [-0.2, 0) is 45.3 Å². The molecule has 332 valence electrons. The highest BCUT2D eigenvalue weighted by molar-refractivity contribution is 5.94. The molecule has 5 aliphatic heterocycles. The van der Waals surface area contributed by atoms with E-state index in [1.807, 2.05) is 24.9 Å². The number of likely N-dealkylation sites (N-methyl/N-ethyl adjacent to an activating group) is 1. The number of likely N-dealkylation sites (tertiary alicyclic amines) is 1. The molecule has 0 amide bonds. The average Bonchev–Trinajstić information content (AvgIpc) is 3.95. The molecule has 3 unspecified atom stereocenters. The van der Waals surface area contributed by atoms with Gasteiger partial charge in [0.15, 0.2) is 6.10 Å². The Morgan fingerprint density at radius 2 is 1.71 bits per heavy atom. The Bertz CT molecular complexity index is 2510. The minimum absolute atomic E-state index is 0.0347. The topological polar surface area (TPSA) is 134 Å². The van der Waals surface area contributed by atoms with Gasteiger partial charge in [0.2, 0.25) is 5.60 Å². The Hall–Kier alpha value is -5.01. The number of nitrogens with zero attached hydrogens (tertiary/aromatic N) is 3. The number of hydrogen-bond acceptors (Lipinski definition) is 11. The first kappa shape index (κ1) is 42.0. The van der Waals surface area contributed by atoms with Crippen molar-refractivity contribution in [2.24, 2.45) is 22.7 Å². The van der Waals surface area contributed by atoms with Crippen LogP contribution in [0.15, 0.2) is 95.8 Å². The minimum Gasteiger partial charge on any atom is -0.468 e. The Balaban J connectivity index is 1.25. The van der Waals surface area contributed by atoms with E-state index < -0.39 is 58.0 Å². The number of rotatable bonds is 8. The molecule has 11 atom stereocenters. The van der Waals surface area contributed by atoms with Crippen LogP contribution in [0.1, 0.15) is 57.7 Å². The Labute approximate surface area is 369 Å². The van der Waals surface area contributed by atoms with E-state index in [-0.39, 0.29) is 17.9 Å². The van der Waals surface area contributed by atoms with Gasteiger partial charge in [0.25, 0.3) is 0 Å². The fraction of sp³-hybridized carbons (Fsp3) is 0.510. The van der Waals surface area contributed by atoms with Crippen molar-refractivity contribution in [3.63, 3.8) is 0 Å². The second-order valence-electron chi connectivity index (χ2n) is 19.1. The molecule has 2 aliphatic carbocycles. The van der Waals surface area contributed by atoms with Gasteiger partial charge in [-0.3, -0.25) is 19.4 Å². The van der Waals surface area contributed by atoms with E-state index in [0.29, 0.717) is 38.9 Å². The first-order valence-electron chi connectivity index (χ1n) is 22.7. The largest absolute Gasteiger partial charge is 0.468 e. The number of aliphatic hydroxyl groups is 1. The zero-order valence-electron chi connectivity index (χ0n) is 37.5. The summed E-state index contributed by atoms with van der Waals surface area (Å²) in [6, 6.07) is 15.7. The molecular weight excluding hydrogens is 797 g/mol. The molecule has 6 heterocycles. The monoisotopic (exact) mass is 856 g/mol. The number of hydrogen-bond donors (Lipinski definition) is 2. The van der Waals surface area contributed by atoms with Crippen LogP contribution in [0.4, 0.5) is 0 Å². The zero-order chi connectivity index (χ0) is 44.2. The maximum absolute atomic E-state index is 15.5. The fourth-order valence-electron chi connectivity index (χ4n) is 14.1. The van der Waals surface area contributed by atoms with Gasteiger partial charge in [0.1, 0.15) is 5.41 Å². The molecule has 2 saturated heterocycles. The maximum atomic E-state index is 15.5. The lowest BCUT2D eigenvalue weighted by molar-refractivity contribution is -0.243. The van der Waals surface area contributed by atoms with Gasteiger partial charge in [0, 0.05) is 92.3 Å². The van der Waals surface area contributed by atoms with Gasteiger partial charge in [0.05, 0.1) is 26.4 Å². The molecule has 0 radical (unpaired) electrons. The molecule has 3 aromatic rings. The van der Waals surface area contributed by atoms with E-state index >= 15 is 4.79 Å². The number of allylic oxidation sites excluding steroid dienone is 1. The van der Waals surface area contributed by atoms with Crippen molar-refractivity contribution >= 4 is 28.8 Å².